The average Bonchev–Trinajstić information content (AvgIpc) is 2.97. The maximum absolute atomic E-state index is 13.0. The lowest BCUT2D eigenvalue weighted by Crippen LogP contribution is -2.39. The molecule has 154 valence electrons. The van der Waals surface area contributed by atoms with Crippen LogP contribution >= 0.6 is 24.0 Å². The highest BCUT2D eigenvalue weighted by Crippen LogP contribution is 2.36. The zero-order chi connectivity index (χ0) is 21.3. The van der Waals surface area contributed by atoms with Gasteiger partial charge in [-0.1, -0.05) is 30.9 Å². The van der Waals surface area contributed by atoms with Crippen molar-refractivity contribution in [1.82, 2.24) is 9.47 Å². The smallest absolute Gasteiger partial charge is 0.270 e. The molecule has 0 saturated carbocycles. The van der Waals surface area contributed by atoms with Crippen LogP contribution in [0.2, 0.25) is 0 Å². The van der Waals surface area contributed by atoms with Crippen LogP contribution in [0.3, 0.4) is 0 Å². The number of aromatic nitrogens is 1. The monoisotopic (exact) mass is 430 g/mol. The highest BCUT2D eigenvalue weighted by Gasteiger charge is 2.32. The molecule has 0 bridgehead atoms. The van der Waals surface area contributed by atoms with Crippen LogP contribution in [0.15, 0.2) is 9.70 Å². The summed E-state index contributed by atoms with van der Waals surface area (Å²) in [5, 5.41) is 9.62. The quantitative estimate of drug-likeness (QED) is 0.538. The zero-order valence-electron chi connectivity index (χ0n) is 17.3. The maximum Gasteiger partial charge on any atom is 0.270 e. The van der Waals surface area contributed by atoms with Crippen LogP contribution < -0.4 is 10.5 Å². The highest BCUT2D eigenvalue weighted by atomic mass is 32.2. The first-order valence-electron chi connectivity index (χ1n) is 10.0. The summed E-state index contributed by atoms with van der Waals surface area (Å²) < 4.78 is 2.22. The first kappa shape index (κ1) is 21.6. The van der Waals surface area contributed by atoms with Crippen molar-refractivity contribution in [2.75, 3.05) is 24.5 Å². The average molecular weight is 431 g/mol. The predicted molar refractivity (Wildman–Crippen MR) is 122 cm³/mol. The van der Waals surface area contributed by atoms with Gasteiger partial charge in [0, 0.05) is 31.7 Å². The Hall–Kier alpha value is -2.11. The molecule has 2 aliphatic heterocycles. The number of pyridine rings is 1. The molecule has 6 nitrogen and oxygen atoms in total. The van der Waals surface area contributed by atoms with Crippen molar-refractivity contribution in [2.24, 2.45) is 5.92 Å². The Morgan fingerprint density at radius 3 is 2.41 bits per heavy atom. The summed E-state index contributed by atoms with van der Waals surface area (Å²) >= 11 is 6.62. The van der Waals surface area contributed by atoms with E-state index in [1.54, 1.807) is 16.4 Å². The Labute approximate surface area is 181 Å². The van der Waals surface area contributed by atoms with Gasteiger partial charge in [0.05, 0.1) is 4.91 Å². The third kappa shape index (κ3) is 3.86. The van der Waals surface area contributed by atoms with Crippen LogP contribution in [0.4, 0.5) is 5.82 Å². The number of likely N-dealkylation sites (N-methyl/N-ethyl adjacent to an activating group) is 1. The number of carbonyl (C=O) groups excluding carboxylic acids is 1. The molecule has 0 spiro atoms. The fourth-order valence-electron chi connectivity index (χ4n) is 3.90. The van der Waals surface area contributed by atoms with Gasteiger partial charge < -0.3 is 4.90 Å². The molecule has 0 N–H and O–H groups in total. The highest BCUT2D eigenvalue weighted by molar-refractivity contribution is 8.26. The van der Waals surface area contributed by atoms with Crippen LogP contribution in [0.25, 0.3) is 6.08 Å². The van der Waals surface area contributed by atoms with Gasteiger partial charge in [-0.2, -0.15) is 5.26 Å². The molecule has 0 unspecified atom stereocenters. The van der Waals surface area contributed by atoms with Crippen molar-refractivity contribution in [2.45, 2.75) is 47.1 Å². The Kier molecular flexibility index (Phi) is 6.49. The number of carbonyl (C=O) groups is 1. The van der Waals surface area contributed by atoms with Gasteiger partial charge in [0.25, 0.3) is 11.5 Å². The van der Waals surface area contributed by atoms with E-state index in [-0.39, 0.29) is 17.0 Å². The third-order valence-electron chi connectivity index (χ3n) is 5.71. The SMILES string of the molecule is CCN1C(=O)/C(=C/c2c(C)c(C#N)c(=O)n(CC)c2N2CCC(C)CC2)SC1=S. The van der Waals surface area contributed by atoms with Crippen molar-refractivity contribution in [3.8, 4) is 6.07 Å². The number of hydrogen-bond donors (Lipinski definition) is 0. The molecule has 2 fully saturated rings. The number of thiocarbonyl (C=S) groups is 1. The summed E-state index contributed by atoms with van der Waals surface area (Å²) in [6.07, 6.45) is 3.92. The lowest BCUT2D eigenvalue weighted by atomic mass is 9.97. The standard InChI is InChI=1S/C21H26N4O2S2/c1-5-24-18(23-9-7-13(3)8-10-23)15(14(4)16(12-22)19(24)26)11-17-20(27)25(6-2)21(28)29-17/h11,13H,5-10H2,1-4H3/b17-11-. The lowest BCUT2D eigenvalue weighted by Gasteiger charge is -2.35. The van der Waals surface area contributed by atoms with E-state index in [1.807, 2.05) is 19.9 Å². The van der Waals surface area contributed by atoms with Gasteiger partial charge in [-0.05, 0) is 51.2 Å². The van der Waals surface area contributed by atoms with Crippen molar-refractivity contribution >= 4 is 46.1 Å². The minimum atomic E-state index is -0.264. The molecule has 2 saturated heterocycles. The molecule has 29 heavy (non-hydrogen) atoms. The summed E-state index contributed by atoms with van der Waals surface area (Å²) in [6, 6.07) is 2.07. The molecular weight excluding hydrogens is 404 g/mol. The van der Waals surface area contributed by atoms with Crippen LogP contribution in [-0.4, -0.2) is 39.3 Å². The molecule has 0 aliphatic carbocycles. The third-order valence-corrected chi connectivity index (χ3v) is 7.09. The summed E-state index contributed by atoms with van der Waals surface area (Å²) in [6.45, 7) is 10.5. The predicted octanol–water partition coefficient (Wildman–Crippen LogP) is 3.51. The van der Waals surface area contributed by atoms with E-state index in [0.717, 1.165) is 37.3 Å². The lowest BCUT2D eigenvalue weighted by molar-refractivity contribution is -0.121. The van der Waals surface area contributed by atoms with Gasteiger partial charge in [0.1, 0.15) is 21.8 Å². The van der Waals surface area contributed by atoms with E-state index < -0.39 is 0 Å². The van der Waals surface area contributed by atoms with Crippen LogP contribution in [0, 0.1) is 24.2 Å². The topological polar surface area (TPSA) is 69.3 Å². The minimum absolute atomic E-state index is 0.118. The molecule has 0 radical (unpaired) electrons. The molecule has 3 rings (SSSR count). The number of anilines is 1. The normalized spacial score (nSPS) is 19.3. The molecular formula is C21H26N4O2S2. The van der Waals surface area contributed by atoms with Crippen molar-refractivity contribution in [3.05, 3.63) is 31.9 Å². The summed E-state index contributed by atoms with van der Waals surface area (Å²) in [4.78, 5) is 30.1. The Balaban J connectivity index is 2.23. The van der Waals surface area contributed by atoms with Gasteiger partial charge in [-0.3, -0.25) is 19.1 Å². The second kappa shape index (κ2) is 8.72. The molecule has 8 heteroatoms. The number of thioether (sulfide) groups is 1. The van der Waals surface area contributed by atoms with Crippen LogP contribution in [0.5, 0.6) is 0 Å². The molecule has 2 aliphatic rings. The van der Waals surface area contributed by atoms with E-state index in [4.69, 9.17) is 12.2 Å². The van der Waals surface area contributed by atoms with Crippen molar-refractivity contribution in [3.63, 3.8) is 0 Å². The Morgan fingerprint density at radius 1 is 1.24 bits per heavy atom. The van der Waals surface area contributed by atoms with Crippen LogP contribution in [0.1, 0.15) is 50.3 Å². The summed E-state index contributed by atoms with van der Waals surface area (Å²) in [5.74, 6) is 1.34. The second-order valence-corrected chi connectivity index (χ2v) is 9.17. The number of nitriles is 1. The van der Waals surface area contributed by atoms with Crippen molar-refractivity contribution < 1.29 is 4.79 Å². The van der Waals surface area contributed by atoms with Gasteiger partial charge in [-0.15, -0.1) is 0 Å². The fourth-order valence-corrected chi connectivity index (χ4v) is 5.27. The molecule has 1 amide bonds. The number of nitrogens with zero attached hydrogens (tertiary/aromatic N) is 4. The van der Waals surface area contributed by atoms with Gasteiger partial charge in [0.15, 0.2) is 0 Å². The van der Waals surface area contributed by atoms with Gasteiger partial charge in [-0.25, -0.2) is 0 Å². The fraction of sp³-hybridized carbons (Fsp3) is 0.524. The van der Waals surface area contributed by atoms with Crippen LogP contribution in [-0.2, 0) is 11.3 Å². The first-order chi connectivity index (χ1) is 13.8. The number of amides is 1. The van der Waals surface area contributed by atoms with E-state index >= 15 is 0 Å². The Bertz CT molecular complexity index is 982. The maximum atomic E-state index is 13.0. The van der Waals surface area contributed by atoms with Gasteiger partial charge >= 0.3 is 0 Å². The van der Waals surface area contributed by atoms with Crippen molar-refractivity contribution in [1.29, 1.82) is 5.26 Å². The largest absolute Gasteiger partial charge is 0.357 e. The molecule has 3 heterocycles. The minimum Gasteiger partial charge on any atom is -0.357 e. The number of hydrogen-bond acceptors (Lipinski definition) is 6. The first-order valence-corrected chi connectivity index (χ1v) is 11.2. The molecule has 1 aromatic rings. The molecule has 1 aromatic heterocycles. The summed E-state index contributed by atoms with van der Waals surface area (Å²) in [5.41, 5.74) is 1.27. The number of piperidine rings is 1. The molecule has 0 aromatic carbocycles. The van der Waals surface area contributed by atoms with Gasteiger partial charge in [0.2, 0.25) is 0 Å². The molecule has 0 atom stereocenters. The summed E-state index contributed by atoms with van der Waals surface area (Å²) in [7, 11) is 0. The van der Waals surface area contributed by atoms with E-state index in [2.05, 4.69) is 17.9 Å². The second-order valence-electron chi connectivity index (χ2n) is 7.49. The zero-order valence-corrected chi connectivity index (χ0v) is 19.0. The van der Waals surface area contributed by atoms with E-state index in [9.17, 15) is 14.9 Å². The Morgan fingerprint density at radius 2 is 1.90 bits per heavy atom. The van der Waals surface area contributed by atoms with E-state index in [1.165, 1.54) is 11.8 Å². The van der Waals surface area contributed by atoms with E-state index in [0.29, 0.717) is 33.8 Å². The number of rotatable bonds is 4.